The summed E-state index contributed by atoms with van der Waals surface area (Å²) in [6.45, 7) is 4.90. The van der Waals surface area contributed by atoms with Crippen LogP contribution in [0.2, 0.25) is 0 Å². The molecular formula is C22H26O5. The maximum absolute atomic E-state index is 12.7. The lowest BCUT2D eigenvalue weighted by molar-refractivity contribution is -0.152. The molecule has 1 aromatic carbocycles. The lowest BCUT2D eigenvalue weighted by atomic mass is 9.55. The number of hydrogen-bond donors (Lipinski definition) is 0. The fraction of sp³-hybridized carbons (Fsp3) is 0.591. The number of Topliss-reactive ketones (excluding diaryl/α,β-unsaturated/α-hetero) is 1. The number of carbonyl (C=O) groups excluding carboxylic acids is 3. The Labute approximate surface area is 159 Å². The molecule has 3 aliphatic rings. The quantitative estimate of drug-likeness (QED) is 0.588. The van der Waals surface area contributed by atoms with Crippen molar-refractivity contribution in [1.82, 2.24) is 0 Å². The summed E-state index contributed by atoms with van der Waals surface area (Å²) in [7, 11) is 0. The molecule has 0 saturated heterocycles. The van der Waals surface area contributed by atoms with Crippen LogP contribution in [0, 0.1) is 17.3 Å². The monoisotopic (exact) mass is 370 g/mol. The summed E-state index contributed by atoms with van der Waals surface area (Å²) < 4.78 is 10.8. The Balaban J connectivity index is 1.66. The number of rotatable bonds is 2. The molecule has 5 heteroatoms. The Kier molecular flexibility index (Phi) is 4.36. The second-order valence-electron chi connectivity index (χ2n) is 8.52. The zero-order chi connectivity index (χ0) is 19.3. The van der Waals surface area contributed by atoms with E-state index in [0.29, 0.717) is 24.0 Å². The number of fused-ring (bicyclic) bond motifs is 5. The third kappa shape index (κ3) is 2.97. The summed E-state index contributed by atoms with van der Waals surface area (Å²) in [5.41, 5.74) is 2.15. The molecule has 4 rings (SSSR count). The van der Waals surface area contributed by atoms with E-state index in [1.807, 2.05) is 12.1 Å². The largest absolute Gasteiger partial charge is 0.462 e. The summed E-state index contributed by atoms with van der Waals surface area (Å²) in [5, 5.41) is 0. The smallest absolute Gasteiger partial charge is 0.308 e. The number of esters is 2. The molecule has 3 aliphatic carbocycles. The Morgan fingerprint density at radius 3 is 2.63 bits per heavy atom. The van der Waals surface area contributed by atoms with Gasteiger partial charge in [0.1, 0.15) is 17.6 Å². The fourth-order valence-corrected chi connectivity index (χ4v) is 5.92. The van der Waals surface area contributed by atoms with Crippen LogP contribution in [-0.4, -0.2) is 23.8 Å². The van der Waals surface area contributed by atoms with E-state index in [1.54, 1.807) is 0 Å². The van der Waals surface area contributed by atoms with E-state index in [4.69, 9.17) is 9.47 Å². The predicted octanol–water partition coefficient (Wildman–Crippen LogP) is 3.58. The molecule has 5 unspecified atom stereocenters. The molecule has 0 radical (unpaired) electrons. The minimum Gasteiger partial charge on any atom is -0.462 e. The predicted molar refractivity (Wildman–Crippen MR) is 98.3 cm³/mol. The van der Waals surface area contributed by atoms with Crippen molar-refractivity contribution in [2.75, 3.05) is 0 Å². The molecule has 27 heavy (non-hydrogen) atoms. The Bertz CT molecular complexity index is 813. The normalized spacial score (nSPS) is 34.3. The number of ketones is 1. The fourth-order valence-electron chi connectivity index (χ4n) is 5.92. The van der Waals surface area contributed by atoms with Gasteiger partial charge < -0.3 is 9.47 Å². The van der Waals surface area contributed by atoms with E-state index in [9.17, 15) is 14.4 Å². The van der Waals surface area contributed by atoms with E-state index >= 15 is 0 Å². The molecule has 2 saturated carbocycles. The average molecular weight is 370 g/mol. The number of ether oxygens (including phenoxy) is 2. The van der Waals surface area contributed by atoms with Gasteiger partial charge in [0.05, 0.1) is 0 Å². The first-order valence-corrected chi connectivity index (χ1v) is 9.81. The van der Waals surface area contributed by atoms with Crippen molar-refractivity contribution >= 4 is 17.7 Å². The average Bonchev–Trinajstić information content (AvgIpc) is 2.84. The van der Waals surface area contributed by atoms with E-state index in [2.05, 4.69) is 13.0 Å². The Morgan fingerprint density at radius 2 is 1.93 bits per heavy atom. The Hall–Kier alpha value is -2.17. The van der Waals surface area contributed by atoms with Crippen LogP contribution in [0.1, 0.15) is 63.5 Å². The van der Waals surface area contributed by atoms with Gasteiger partial charge in [-0.3, -0.25) is 14.4 Å². The lowest BCUT2D eigenvalue weighted by Gasteiger charge is -2.49. The maximum Gasteiger partial charge on any atom is 0.308 e. The van der Waals surface area contributed by atoms with Crippen molar-refractivity contribution in [3.63, 3.8) is 0 Å². The molecular weight excluding hydrogens is 344 g/mol. The summed E-state index contributed by atoms with van der Waals surface area (Å²) in [5.74, 6) is 1.01. The van der Waals surface area contributed by atoms with Crippen LogP contribution >= 0.6 is 0 Å². The highest BCUT2D eigenvalue weighted by molar-refractivity contribution is 5.88. The number of hydrogen-bond acceptors (Lipinski definition) is 5. The van der Waals surface area contributed by atoms with Gasteiger partial charge in [-0.15, -0.1) is 0 Å². The molecule has 1 aromatic rings. The summed E-state index contributed by atoms with van der Waals surface area (Å²) in [4.78, 5) is 35.6. The minimum atomic E-state index is -0.379. The van der Waals surface area contributed by atoms with Gasteiger partial charge in [0.2, 0.25) is 0 Å². The maximum atomic E-state index is 12.7. The van der Waals surface area contributed by atoms with E-state index in [-0.39, 0.29) is 35.2 Å². The Morgan fingerprint density at radius 1 is 1.15 bits per heavy atom. The second kappa shape index (κ2) is 6.47. The molecule has 0 aromatic heterocycles. The van der Waals surface area contributed by atoms with Gasteiger partial charge in [0.15, 0.2) is 0 Å². The second-order valence-corrected chi connectivity index (χ2v) is 8.52. The van der Waals surface area contributed by atoms with Gasteiger partial charge in [-0.05, 0) is 60.8 Å². The van der Waals surface area contributed by atoms with Crippen molar-refractivity contribution in [1.29, 1.82) is 0 Å². The van der Waals surface area contributed by atoms with Gasteiger partial charge in [-0.2, -0.15) is 0 Å². The zero-order valence-electron chi connectivity index (χ0n) is 16.1. The van der Waals surface area contributed by atoms with Crippen LogP contribution in [0.4, 0.5) is 0 Å². The first kappa shape index (κ1) is 18.2. The van der Waals surface area contributed by atoms with E-state index in [1.165, 1.54) is 25.0 Å². The van der Waals surface area contributed by atoms with Crippen LogP contribution in [0.15, 0.2) is 18.2 Å². The molecule has 0 spiro atoms. The molecule has 5 atom stereocenters. The SMILES string of the molecule is CC(=O)Oc1ccc2c(c1)CCC1C2CCC2(C)C(=O)CC(OC(C)=O)C12. The molecule has 0 bridgehead atoms. The first-order chi connectivity index (χ1) is 12.8. The van der Waals surface area contributed by atoms with Crippen LogP contribution < -0.4 is 4.74 Å². The van der Waals surface area contributed by atoms with Crippen LogP contribution in [-0.2, 0) is 25.5 Å². The number of benzene rings is 1. The molecule has 0 amide bonds. The first-order valence-electron chi connectivity index (χ1n) is 9.81. The number of aryl methyl sites for hydroxylation is 1. The minimum absolute atomic E-state index is 0.0916. The van der Waals surface area contributed by atoms with Gasteiger partial charge in [-0.25, -0.2) is 0 Å². The summed E-state index contributed by atoms with van der Waals surface area (Å²) >= 11 is 0. The number of carbonyl (C=O) groups is 3. The molecule has 0 N–H and O–H groups in total. The third-order valence-corrected chi connectivity index (χ3v) is 6.95. The van der Waals surface area contributed by atoms with Crippen molar-refractivity contribution in [2.45, 2.75) is 64.9 Å². The van der Waals surface area contributed by atoms with Gasteiger partial charge in [0.25, 0.3) is 0 Å². The molecule has 2 fully saturated rings. The van der Waals surface area contributed by atoms with Crippen LogP contribution in [0.25, 0.3) is 0 Å². The van der Waals surface area contributed by atoms with Crippen LogP contribution in [0.3, 0.4) is 0 Å². The van der Waals surface area contributed by atoms with Crippen LogP contribution in [0.5, 0.6) is 5.75 Å². The topological polar surface area (TPSA) is 69.7 Å². The highest BCUT2D eigenvalue weighted by Crippen LogP contribution is 2.60. The standard InChI is InChI=1S/C22H26O5/c1-12(23)26-15-5-7-16-14(10-15)4-6-18-17(16)8-9-22(3)20(25)11-19(21(18)22)27-13(2)24/h5,7,10,17-19,21H,4,6,8-9,11H2,1-3H3. The molecule has 0 aliphatic heterocycles. The van der Waals surface area contributed by atoms with Gasteiger partial charge >= 0.3 is 11.9 Å². The molecule has 144 valence electrons. The van der Waals surface area contributed by atoms with Crippen molar-refractivity contribution in [3.8, 4) is 5.75 Å². The van der Waals surface area contributed by atoms with E-state index < -0.39 is 0 Å². The summed E-state index contributed by atoms with van der Waals surface area (Å²) in [6, 6.07) is 5.91. The highest BCUT2D eigenvalue weighted by atomic mass is 16.5. The van der Waals surface area contributed by atoms with Crippen molar-refractivity contribution in [3.05, 3.63) is 29.3 Å². The van der Waals surface area contributed by atoms with E-state index in [0.717, 1.165) is 25.7 Å². The van der Waals surface area contributed by atoms with Gasteiger partial charge in [-0.1, -0.05) is 13.0 Å². The summed E-state index contributed by atoms with van der Waals surface area (Å²) in [6.07, 6.45) is 3.71. The highest BCUT2D eigenvalue weighted by Gasteiger charge is 2.60. The zero-order valence-corrected chi connectivity index (χ0v) is 16.1. The third-order valence-electron chi connectivity index (χ3n) is 6.95. The van der Waals surface area contributed by atoms with Gasteiger partial charge in [0, 0.05) is 31.6 Å². The molecule has 5 nitrogen and oxygen atoms in total. The van der Waals surface area contributed by atoms with Crippen molar-refractivity contribution in [2.24, 2.45) is 17.3 Å². The molecule has 0 heterocycles. The lowest BCUT2D eigenvalue weighted by Crippen LogP contribution is -2.46. The van der Waals surface area contributed by atoms with Crippen molar-refractivity contribution < 1.29 is 23.9 Å².